The molecule has 30 heavy (non-hydrogen) atoms. The molecule has 0 amide bonds. The Hall–Kier alpha value is -2.79. The first-order valence-electron chi connectivity index (χ1n) is 10.2. The summed E-state index contributed by atoms with van der Waals surface area (Å²) in [7, 11) is 0. The molecule has 0 aromatic heterocycles. The van der Waals surface area contributed by atoms with E-state index in [1.807, 2.05) is 56.3 Å². The van der Waals surface area contributed by atoms with Crippen LogP contribution in [0.25, 0.3) is 0 Å². The molecule has 3 aromatic rings. The van der Waals surface area contributed by atoms with Gasteiger partial charge in [-0.2, -0.15) is 5.10 Å². The van der Waals surface area contributed by atoms with Crippen LogP contribution < -0.4 is 9.47 Å². The van der Waals surface area contributed by atoms with Crippen molar-refractivity contribution in [2.24, 2.45) is 5.10 Å². The minimum Gasteiger partial charge on any atom is -0.491 e. The van der Waals surface area contributed by atoms with Crippen molar-refractivity contribution < 1.29 is 9.47 Å². The largest absolute Gasteiger partial charge is 0.491 e. The molecule has 4 nitrogen and oxygen atoms in total. The van der Waals surface area contributed by atoms with Crippen molar-refractivity contribution in [2.45, 2.75) is 38.6 Å². The van der Waals surface area contributed by atoms with E-state index in [4.69, 9.17) is 14.6 Å². The molecule has 0 bridgehead atoms. The van der Waals surface area contributed by atoms with E-state index in [0.717, 1.165) is 44.8 Å². The maximum absolute atomic E-state index is 6.41. The van der Waals surface area contributed by atoms with Crippen molar-refractivity contribution in [3.05, 3.63) is 94.0 Å². The summed E-state index contributed by atoms with van der Waals surface area (Å²) in [6.45, 7) is 4.07. The van der Waals surface area contributed by atoms with Gasteiger partial charge in [-0.25, -0.2) is 5.01 Å². The highest BCUT2D eigenvalue weighted by atomic mass is 79.9. The fraction of sp³-hybridized carbons (Fsp3) is 0.240. The fourth-order valence-corrected chi connectivity index (χ4v) is 4.45. The molecule has 5 heteroatoms. The zero-order chi connectivity index (χ0) is 20.7. The number of halogens is 1. The van der Waals surface area contributed by atoms with Gasteiger partial charge in [-0.3, -0.25) is 0 Å². The number of hydrazone groups is 1. The molecule has 3 aromatic carbocycles. The Morgan fingerprint density at radius 3 is 2.53 bits per heavy atom. The van der Waals surface area contributed by atoms with Gasteiger partial charge in [0.15, 0.2) is 0 Å². The maximum Gasteiger partial charge on any atom is 0.213 e. The Labute approximate surface area is 185 Å². The minimum absolute atomic E-state index is 0.137. The van der Waals surface area contributed by atoms with Crippen LogP contribution in [0.1, 0.15) is 49.2 Å². The van der Waals surface area contributed by atoms with Gasteiger partial charge in [-0.15, -0.1) is 0 Å². The van der Waals surface area contributed by atoms with Crippen molar-refractivity contribution in [1.29, 1.82) is 0 Å². The number of hydrogen-bond donors (Lipinski definition) is 0. The molecule has 2 aliphatic rings. The van der Waals surface area contributed by atoms with Crippen LogP contribution in [0.5, 0.6) is 11.5 Å². The number of ether oxygens (including phenoxy) is 2. The summed E-state index contributed by atoms with van der Waals surface area (Å²) in [6, 6.07) is 24.9. The van der Waals surface area contributed by atoms with E-state index in [0.29, 0.717) is 0 Å². The molecule has 5 rings (SSSR count). The molecule has 0 fully saturated rings. The smallest absolute Gasteiger partial charge is 0.213 e. The zero-order valence-corrected chi connectivity index (χ0v) is 18.5. The fourth-order valence-electron chi connectivity index (χ4n) is 4.07. The van der Waals surface area contributed by atoms with Crippen LogP contribution in [0.15, 0.2) is 82.4 Å². The molecular weight excluding hydrogens is 440 g/mol. The third kappa shape index (κ3) is 3.58. The van der Waals surface area contributed by atoms with Gasteiger partial charge in [-0.1, -0.05) is 46.3 Å². The number of rotatable bonds is 4. The van der Waals surface area contributed by atoms with Gasteiger partial charge in [-0.05, 0) is 61.9 Å². The number of benzene rings is 3. The van der Waals surface area contributed by atoms with E-state index >= 15 is 0 Å². The van der Waals surface area contributed by atoms with Crippen LogP contribution in [-0.2, 0) is 0 Å². The second-order valence-electron chi connectivity index (χ2n) is 7.90. The van der Waals surface area contributed by atoms with Crippen LogP contribution in [0, 0.1) is 0 Å². The van der Waals surface area contributed by atoms with Crippen molar-refractivity contribution >= 4 is 21.6 Å². The molecule has 0 N–H and O–H groups in total. The van der Waals surface area contributed by atoms with Gasteiger partial charge in [0, 0.05) is 22.0 Å². The third-order valence-corrected chi connectivity index (χ3v) is 5.89. The Kier molecular flexibility index (Phi) is 4.99. The number of fused-ring (bicyclic) bond motifs is 3. The van der Waals surface area contributed by atoms with Gasteiger partial charge < -0.3 is 9.47 Å². The van der Waals surface area contributed by atoms with Gasteiger partial charge in [0.1, 0.15) is 11.5 Å². The Balaban J connectivity index is 1.52. The molecular formula is C25H23BrN2O2. The van der Waals surface area contributed by atoms with Crippen LogP contribution in [0.2, 0.25) is 0 Å². The monoisotopic (exact) mass is 462 g/mol. The summed E-state index contributed by atoms with van der Waals surface area (Å²) in [5, 5.41) is 7.14. The summed E-state index contributed by atoms with van der Waals surface area (Å²) >= 11 is 3.61. The van der Waals surface area contributed by atoms with Crippen molar-refractivity contribution in [3.8, 4) is 11.5 Å². The summed E-state index contributed by atoms with van der Waals surface area (Å²) < 4.78 is 13.2. The quantitative estimate of drug-likeness (QED) is 0.444. The number of hydrogen-bond acceptors (Lipinski definition) is 4. The molecule has 2 heterocycles. The van der Waals surface area contributed by atoms with E-state index in [9.17, 15) is 0 Å². The van der Waals surface area contributed by atoms with Gasteiger partial charge in [0.05, 0.1) is 17.9 Å². The van der Waals surface area contributed by atoms with E-state index < -0.39 is 0 Å². The molecule has 0 unspecified atom stereocenters. The average Bonchev–Trinajstić information content (AvgIpc) is 3.20. The molecule has 0 saturated heterocycles. The predicted molar refractivity (Wildman–Crippen MR) is 122 cm³/mol. The van der Waals surface area contributed by atoms with Gasteiger partial charge in [0.2, 0.25) is 6.23 Å². The Bertz CT molecular complexity index is 1080. The first kappa shape index (κ1) is 19.2. The molecule has 152 valence electrons. The molecule has 0 saturated carbocycles. The normalized spacial score (nSPS) is 19.7. The maximum atomic E-state index is 6.41. The molecule has 2 aliphatic heterocycles. The lowest BCUT2D eigenvalue weighted by Crippen LogP contribution is -2.33. The lowest BCUT2D eigenvalue weighted by atomic mass is 9.96. The van der Waals surface area contributed by atoms with E-state index in [1.165, 1.54) is 0 Å². The van der Waals surface area contributed by atoms with Crippen LogP contribution >= 0.6 is 15.9 Å². The molecule has 0 radical (unpaired) electrons. The molecule has 0 spiro atoms. The highest BCUT2D eigenvalue weighted by Gasteiger charge is 2.41. The number of nitrogens with zero attached hydrogens (tertiary/aromatic N) is 2. The van der Waals surface area contributed by atoms with Gasteiger partial charge in [0.25, 0.3) is 0 Å². The second-order valence-corrected chi connectivity index (χ2v) is 8.82. The Morgan fingerprint density at radius 2 is 1.80 bits per heavy atom. The first-order chi connectivity index (χ1) is 14.6. The lowest BCUT2D eigenvalue weighted by Gasteiger charge is -2.38. The van der Waals surface area contributed by atoms with E-state index in [2.05, 4.69) is 51.3 Å². The third-order valence-electron chi connectivity index (χ3n) is 5.40. The zero-order valence-electron chi connectivity index (χ0n) is 17.0. The lowest BCUT2D eigenvalue weighted by molar-refractivity contribution is -0.0190. The topological polar surface area (TPSA) is 34.1 Å². The van der Waals surface area contributed by atoms with Gasteiger partial charge >= 0.3 is 0 Å². The van der Waals surface area contributed by atoms with Crippen LogP contribution in [0.3, 0.4) is 0 Å². The molecule has 2 atom stereocenters. The molecule has 0 aliphatic carbocycles. The predicted octanol–water partition coefficient (Wildman–Crippen LogP) is 6.48. The minimum atomic E-state index is -0.245. The van der Waals surface area contributed by atoms with Crippen LogP contribution in [0.4, 0.5) is 0 Å². The Morgan fingerprint density at radius 1 is 1.03 bits per heavy atom. The second kappa shape index (κ2) is 7.80. The van der Waals surface area contributed by atoms with E-state index in [1.54, 1.807) is 0 Å². The van der Waals surface area contributed by atoms with Crippen LogP contribution in [-0.4, -0.2) is 16.8 Å². The van der Waals surface area contributed by atoms with Crippen molar-refractivity contribution in [3.63, 3.8) is 0 Å². The highest BCUT2D eigenvalue weighted by Crippen LogP contribution is 2.48. The first-order valence-corrected chi connectivity index (χ1v) is 11.0. The summed E-state index contributed by atoms with van der Waals surface area (Å²) in [5.41, 5.74) is 4.44. The SMILES string of the molecule is CC(C)Oc1ccc(C2=NN3[C@@H](C2)c2cc(Br)ccc2O[C@H]3c2ccccc2)cc1. The summed E-state index contributed by atoms with van der Waals surface area (Å²) in [6.07, 6.45) is 0.749. The van der Waals surface area contributed by atoms with E-state index in [-0.39, 0.29) is 18.4 Å². The highest BCUT2D eigenvalue weighted by molar-refractivity contribution is 9.10. The summed E-state index contributed by atoms with van der Waals surface area (Å²) in [4.78, 5) is 0. The van der Waals surface area contributed by atoms with Crippen molar-refractivity contribution in [2.75, 3.05) is 0 Å². The summed E-state index contributed by atoms with van der Waals surface area (Å²) in [5.74, 6) is 1.80. The standard InChI is InChI=1S/C25H23BrN2O2/c1-16(2)29-20-11-8-17(9-12-20)22-15-23-21-14-19(26)10-13-24(21)30-25(28(23)27-22)18-6-4-3-5-7-18/h3-14,16,23,25H,15H2,1-2H3/t23-,25-/m0/s1. The van der Waals surface area contributed by atoms with Crippen molar-refractivity contribution in [1.82, 2.24) is 5.01 Å². The average molecular weight is 463 g/mol.